The van der Waals surface area contributed by atoms with E-state index in [0.717, 1.165) is 18.4 Å². The van der Waals surface area contributed by atoms with Gasteiger partial charge < -0.3 is 10.2 Å². The number of fused-ring (bicyclic) bond motifs is 3. The fraction of sp³-hybridized carbons (Fsp3) is 0.333. The Bertz CT molecular complexity index is 477. The molecule has 0 amide bonds. The minimum atomic E-state index is 0. The zero-order valence-corrected chi connectivity index (χ0v) is 9.22. The molecule has 0 radical (unpaired) electrons. The molecule has 2 N–H and O–H groups in total. The molecule has 1 aliphatic carbocycles. The van der Waals surface area contributed by atoms with Crippen molar-refractivity contribution in [1.82, 2.24) is 0 Å². The van der Waals surface area contributed by atoms with Crippen LogP contribution in [-0.4, -0.2) is 0 Å². The third kappa shape index (κ3) is 1.54. The van der Waals surface area contributed by atoms with Crippen LogP contribution in [0.5, 0.6) is 0 Å². The SMILES string of the molecule is Cl.N[C@@H]1CCCc2ccc3occc3c21. The molecule has 0 spiro atoms. The maximum absolute atomic E-state index is 6.13. The van der Waals surface area contributed by atoms with Gasteiger partial charge in [-0.25, -0.2) is 0 Å². The van der Waals surface area contributed by atoms with Crippen LogP contribution >= 0.6 is 12.4 Å². The second kappa shape index (κ2) is 3.87. The summed E-state index contributed by atoms with van der Waals surface area (Å²) in [7, 11) is 0. The molecule has 0 unspecified atom stereocenters. The predicted octanol–water partition coefficient (Wildman–Crippen LogP) is 3.19. The van der Waals surface area contributed by atoms with Crippen LogP contribution in [0.2, 0.25) is 0 Å². The normalized spacial score (nSPS) is 19.7. The van der Waals surface area contributed by atoms with Gasteiger partial charge in [0, 0.05) is 11.4 Å². The van der Waals surface area contributed by atoms with Crippen molar-refractivity contribution in [2.24, 2.45) is 5.73 Å². The molecule has 3 rings (SSSR count). The number of nitrogens with two attached hydrogens (primary N) is 1. The van der Waals surface area contributed by atoms with Crippen molar-refractivity contribution in [3.05, 3.63) is 35.6 Å². The summed E-state index contributed by atoms with van der Waals surface area (Å²) in [6.45, 7) is 0. The molecule has 0 fully saturated rings. The van der Waals surface area contributed by atoms with E-state index in [2.05, 4.69) is 6.07 Å². The van der Waals surface area contributed by atoms with Crippen LogP contribution in [0.25, 0.3) is 11.0 Å². The van der Waals surface area contributed by atoms with E-state index < -0.39 is 0 Å². The third-order valence-corrected chi connectivity index (χ3v) is 3.10. The van der Waals surface area contributed by atoms with Crippen molar-refractivity contribution in [3.63, 3.8) is 0 Å². The molecule has 0 saturated carbocycles. The van der Waals surface area contributed by atoms with E-state index in [1.165, 1.54) is 22.9 Å². The Balaban J connectivity index is 0.000000853. The van der Waals surface area contributed by atoms with Gasteiger partial charge in [-0.15, -0.1) is 12.4 Å². The summed E-state index contributed by atoms with van der Waals surface area (Å²) >= 11 is 0. The molecule has 1 aromatic carbocycles. The molecule has 0 aliphatic heterocycles. The van der Waals surface area contributed by atoms with Gasteiger partial charge in [-0.05, 0) is 42.5 Å². The topological polar surface area (TPSA) is 39.2 Å². The van der Waals surface area contributed by atoms with Crippen LogP contribution in [0, 0.1) is 0 Å². The summed E-state index contributed by atoms with van der Waals surface area (Å²) in [5.74, 6) is 0. The molecular weight excluding hydrogens is 210 g/mol. The van der Waals surface area contributed by atoms with E-state index >= 15 is 0 Å². The van der Waals surface area contributed by atoms with Crippen molar-refractivity contribution < 1.29 is 4.42 Å². The Morgan fingerprint density at radius 3 is 3.00 bits per heavy atom. The van der Waals surface area contributed by atoms with Crippen LogP contribution in [-0.2, 0) is 6.42 Å². The summed E-state index contributed by atoms with van der Waals surface area (Å²) in [5, 5.41) is 1.20. The first-order valence-electron chi connectivity index (χ1n) is 5.11. The predicted molar refractivity (Wildman–Crippen MR) is 63.3 cm³/mol. The molecule has 2 nitrogen and oxygen atoms in total. The maximum atomic E-state index is 6.13. The van der Waals surface area contributed by atoms with Gasteiger partial charge in [-0.2, -0.15) is 0 Å². The molecular formula is C12H14ClNO. The first-order valence-corrected chi connectivity index (χ1v) is 5.11. The van der Waals surface area contributed by atoms with Crippen molar-refractivity contribution in [3.8, 4) is 0 Å². The van der Waals surface area contributed by atoms with E-state index in [9.17, 15) is 0 Å². The average molecular weight is 224 g/mol. The summed E-state index contributed by atoms with van der Waals surface area (Å²) in [4.78, 5) is 0. The zero-order valence-electron chi connectivity index (χ0n) is 8.40. The molecule has 80 valence electrons. The average Bonchev–Trinajstić information content (AvgIpc) is 2.65. The van der Waals surface area contributed by atoms with Crippen molar-refractivity contribution in [2.45, 2.75) is 25.3 Å². The van der Waals surface area contributed by atoms with Gasteiger partial charge in [0.25, 0.3) is 0 Å². The first kappa shape index (κ1) is 10.5. The lowest BCUT2D eigenvalue weighted by Gasteiger charge is -2.22. The molecule has 1 aromatic heterocycles. The maximum Gasteiger partial charge on any atom is 0.134 e. The van der Waals surface area contributed by atoms with Gasteiger partial charge in [0.15, 0.2) is 0 Å². The fourth-order valence-electron chi connectivity index (χ4n) is 2.42. The van der Waals surface area contributed by atoms with E-state index in [4.69, 9.17) is 10.2 Å². The molecule has 0 bridgehead atoms. The molecule has 3 heteroatoms. The smallest absolute Gasteiger partial charge is 0.134 e. The summed E-state index contributed by atoms with van der Waals surface area (Å²) in [5.41, 5.74) is 9.80. The van der Waals surface area contributed by atoms with Crippen LogP contribution in [0.15, 0.2) is 28.9 Å². The number of hydrogen-bond acceptors (Lipinski definition) is 2. The van der Waals surface area contributed by atoms with E-state index in [0.29, 0.717) is 0 Å². The molecule has 1 heterocycles. The van der Waals surface area contributed by atoms with Gasteiger partial charge >= 0.3 is 0 Å². The number of aryl methyl sites for hydroxylation is 1. The minimum Gasteiger partial charge on any atom is -0.464 e. The molecule has 1 atom stereocenters. The van der Waals surface area contributed by atoms with Gasteiger partial charge in [0.2, 0.25) is 0 Å². The third-order valence-electron chi connectivity index (χ3n) is 3.10. The molecule has 0 saturated heterocycles. The second-order valence-corrected chi connectivity index (χ2v) is 3.97. The lowest BCUT2D eigenvalue weighted by atomic mass is 9.86. The summed E-state index contributed by atoms with van der Waals surface area (Å²) in [6.07, 6.45) is 5.20. The number of halogens is 1. The van der Waals surface area contributed by atoms with Crippen LogP contribution in [0.4, 0.5) is 0 Å². The number of hydrogen-bond donors (Lipinski definition) is 1. The highest BCUT2D eigenvalue weighted by molar-refractivity contribution is 5.85. The van der Waals surface area contributed by atoms with E-state index in [1.54, 1.807) is 6.26 Å². The summed E-state index contributed by atoms with van der Waals surface area (Å²) < 4.78 is 5.38. The minimum absolute atomic E-state index is 0. The van der Waals surface area contributed by atoms with Crippen molar-refractivity contribution in [2.75, 3.05) is 0 Å². The Morgan fingerprint density at radius 1 is 1.27 bits per heavy atom. The van der Waals surface area contributed by atoms with Gasteiger partial charge in [-0.3, -0.25) is 0 Å². The second-order valence-electron chi connectivity index (χ2n) is 3.97. The quantitative estimate of drug-likeness (QED) is 0.745. The number of benzene rings is 1. The standard InChI is InChI=1S/C12H13NO.ClH/c13-10-3-1-2-8-4-5-11-9(12(8)10)6-7-14-11;/h4-7,10H,1-3,13H2;1H/t10-;/m1./s1. The molecule has 1 aliphatic rings. The van der Waals surface area contributed by atoms with Crippen LogP contribution < -0.4 is 5.73 Å². The highest BCUT2D eigenvalue weighted by Gasteiger charge is 2.19. The fourth-order valence-corrected chi connectivity index (χ4v) is 2.42. The van der Waals surface area contributed by atoms with Gasteiger partial charge in [0.1, 0.15) is 5.58 Å². The molecule has 2 aromatic rings. The number of furan rings is 1. The van der Waals surface area contributed by atoms with Crippen molar-refractivity contribution in [1.29, 1.82) is 0 Å². The van der Waals surface area contributed by atoms with Crippen molar-refractivity contribution >= 4 is 23.4 Å². The number of rotatable bonds is 0. The van der Waals surface area contributed by atoms with E-state index in [-0.39, 0.29) is 18.4 Å². The lowest BCUT2D eigenvalue weighted by molar-refractivity contribution is 0.573. The lowest BCUT2D eigenvalue weighted by Crippen LogP contribution is -2.17. The zero-order chi connectivity index (χ0) is 9.54. The Labute approximate surface area is 94.9 Å². The summed E-state index contributed by atoms with van der Waals surface area (Å²) in [6, 6.07) is 6.42. The Kier molecular flexibility index (Phi) is 2.72. The highest BCUT2D eigenvalue weighted by Crippen LogP contribution is 2.34. The Hall–Kier alpha value is -0.990. The van der Waals surface area contributed by atoms with Crippen LogP contribution in [0.3, 0.4) is 0 Å². The van der Waals surface area contributed by atoms with E-state index in [1.807, 2.05) is 12.1 Å². The highest BCUT2D eigenvalue weighted by atomic mass is 35.5. The first-order chi connectivity index (χ1) is 6.86. The largest absolute Gasteiger partial charge is 0.464 e. The monoisotopic (exact) mass is 223 g/mol. The van der Waals surface area contributed by atoms with Crippen LogP contribution in [0.1, 0.15) is 30.0 Å². The molecule has 15 heavy (non-hydrogen) atoms. The Morgan fingerprint density at radius 2 is 2.13 bits per heavy atom. The van der Waals surface area contributed by atoms with Gasteiger partial charge in [-0.1, -0.05) is 6.07 Å². The van der Waals surface area contributed by atoms with Gasteiger partial charge in [0.05, 0.1) is 6.26 Å².